The number of aliphatic imine (C=N–C) groups is 1. The molecule has 122 valence electrons. The number of nitrogens with one attached hydrogen (secondary N) is 1. The fourth-order valence-electron chi connectivity index (χ4n) is 3.11. The maximum Gasteiger partial charge on any atom is 0.193 e. The topological polar surface area (TPSA) is 30.9 Å². The summed E-state index contributed by atoms with van der Waals surface area (Å²) in [6.07, 6.45) is 2.70. The molecule has 0 spiro atoms. The minimum atomic E-state index is 0.824. The summed E-state index contributed by atoms with van der Waals surface area (Å²) in [5, 5.41) is 7.16. The van der Waals surface area contributed by atoms with Crippen LogP contribution in [0.4, 0.5) is 5.00 Å². The summed E-state index contributed by atoms with van der Waals surface area (Å²) in [6, 6.07) is 4.35. The van der Waals surface area contributed by atoms with Crippen LogP contribution in [-0.2, 0) is 0 Å². The second kappa shape index (κ2) is 8.11. The van der Waals surface area contributed by atoms with Crippen molar-refractivity contribution in [2.75, 3.05) is 56.2 Å². The van der Waals surface area contributed by atoms with Gasteiger partial charge in [-0.1, -0.05) is 0 Å². The molecule has 0 bridgehead atoms. The quantitative estimate of drug-likeness (QED) is 0.678. The Morgan fingerprint density at radius 2 is 2.05 bits per heavy atom. The monoisotopic (exact) mass is 338 g/mol. The van der Waals surface area contributed by atoms with Crippen LogP contribution in [0.25, 0.3) is 0 Å². The molecule has 2 saturated heterocycles. The van der Waals surface area contributed by atoms with Crippen LogP contribution in [0.15, 0.2) is 22.5 Å². The molecule has 0 unspecified atom stereocenters. The van der Waals surface area contributed by atoms with Gasteiger partial charge in [-0.05, 0) is 47.8 Å². The molecule has 3 rings (SSSR count). The Morgan fingerprint density at radius 1 is 1.27 bits per heavy atom. The zero-order chi connectivity index (χ0) is 15.2. The third-order valence-electron chi connectivity index (χ3n) is 4.50. The molecule has 0 aliphatic carbocycles. The molecule has 1 aromatic rings. The first kappa shape index (κ1) is 16.0. The molecule has 1 N–H and O–H groups in total. The van der Waals surface area contributed by atoms with E-state index in [1.54, 1.807) is 0 Å². The highest BCUT2D eigenvalue weighted by molar-refractivity contribution is 7.99. The van der Waals surface area contributed by atoms with Crippen LogP contribution in [-0.4, -0.2) is 62.1 Å². The van der Waals surface area contributed by atoms with Crippen molar-refractivity contribution in [3.8, 4) is 0 Å². The normalized spacial score (nSPS) is 21.2. The maximum atomic E-state index is 4.49. The lowest BCUT2D eigenvalue weighted by Gasteiger charge is -2.37. The van der Waals surface area contributed by atoms with Crippen LogP contribution in [0.3, 0.4) is 0 Å². The largest absolute Gasteiger partial charge is 0.360 e. The summed E-state index contributed by atoms with van der Waals surface area (Å²) in [5.41, 5.74) is 0. The first-order valence-electron chi connectivity index (χ1n) is 8.18. The van der Waals surface area contributed by atoms with Crippen LogP contribution in [0.5, 0.6) is 0 Å². The van der Waals surface area contributed by atoms with Crippen LogP contribution in [0, 0.1) is 5.92 Å². The van der Waals surface area contributed by atoms with Gasteiger partial charge in [0.2, 0.25) is 0 Å². The van der Waals surface area contributed by atoms with Crippen molar-refractivity contribution in [3.05, 3.63) is 17.5 Å². The molecule has 0 atom stereocenters. The van der Waals surface area contributed by atoms with Gasteiger partial charge in [-0.2, -0.15) is 11.8 Å². The first-order chi connectivity index (χ1) is 10.9. The van der Waals surface area contributed by atoms with Gasteiger partial charge in [0.25, 0.3) is 0 Å². The SMILES string of the molecule is CN=C(NCC1CCSCC1)N1CCN(c2cccs2)CC1. The standard InChI is InChI=1S/C16H26N4S2/c1-17-16(18-13-14-4-11-21-12-5-14)20-8-6-19(7-9-20)15-3-2-10-22-15/h2-3,10,14H,4-9,11-13H2,1H3,(H,17,18). The van der Waals surface area contributed by atoms with Crippen molar-refractivity contribution in [2.24, 2.45) is 10.9 Å². The minimum Gasteiger partial charge on any atom is -0.360 e. The van der Waals surface area contributed by atoms with Crippen molar-refractivity contribution in [2.45, 2.75) is 12.8 Å². The molecule has 0 aromatic carbocycles. The second-order valence-electron chi connectivity index (χ2n) is 5.91. The Hall–Kier alpha value is -0.880. The van der Waals surface area contributed by atoms with Crippen LogP contribution < -0.4 is 10.2 Å². The van der Waals surface area contributed by atoms with Gasteiger partial charge in [-0.25, -0.2) is 0 Å². The van der Waals surface area contributed by atoms with E-state index in [1.165, 1.54) is 29.3 Å². The molecule has 0 radical (unpaired) electrons. The Bertz CT molecular complexity index is 461. The van der Waals surface area contributed by atoms with Gasteiger partial charge in [-0.15, -0.1) is 11.3 Å². The average Bonchev–Trinajstić information content (AvgIpc) is 3.11. The fraction of sp³-hybridized carbons (Fsp3) is 0.688. The number of hydrogen-bond donors (Lipinski definition) is 1. The third kappa shape index (κ3) is 4.10. The lowest BCUT2D eigenvalue weighted by Crippen LogP contribution is -2.53. The van der Waals surface area contributed by atoms with E-state index in [4.69, 9.17) is 0 Å². The summed E-state index contributed by atoms with van der Waals surface area (Å²) in [5.74, 6) is 4.56. The predicted octanol–water partition coefficient (Wildman–Crippen LogP) is 2.59. The van der Waals surface area contributed by atoms with E-state index in [-0.39, 0.29) is 0 Å². The number of guanidine groups is 1. The molecule has 2 aliphatic rings. The van der Waals surface area contributed by atoms with Crippen molar-refractivity contribution in [1.29, 1.82) is 0 Å². The molecule has 2 aliphatic heterocycles. The summed E-state index contributed by atoms with van der Waals surface area (Å²) in [6.45, 7) is 5.36. The number of nitrogens with zero attached hydrogens (tertiary/aromatic N) is 3. The highest BCUT2D eigenvalue weighted by atomic mass is 32.2. The van der Waals surface area contributed by atoms with Crippen molar-refractivity contribution in [1.82, 2.24) is 10.2 Å². The van der Waals surface area contributed by atoms with Gasteiger partial charge >= 0.3 is 0 Å². The number of hydrogen-bond acceptors (Lipinski definition) is 4. The van der Waals surface area contributed by atoms with Crippen LogP contribution >= 0.6 is 23.1 Å². The number of thioether (sulfide) groups is 1. The van der Waals surface area contributed by atoms with E-state index in [9.17, 15) is 0 Å². The van der Waals surface area contributed by atoms with Crippen LogP contribution in [0.1, 0.15) is 12.8 Å². The van der Waals surface area contributed by atoms with E-state index in [1.807, 2.05) is 18.4 Å². The number of piperazine rings is 1. The van der Waals surface area contributed by atoms with E-state index >= 15 is 0 Å². The highest BCUT2D eigenvalue weighted by Crippen LogP contribution is 2.23. The van der Waals surface area contributed by atoms with E-state index in [2.05, 4.69) is 49.4 Å². The van der Waals surface area contributed by atoms with Crippen molar-refractivity contribution >= 4 is 34.1 Å². The Labute approximate surface area is 142 Å². The van der Waals surface area contributed by atoms with Gasteiger partial charge in [0, 0.05) is 39.8 Å². The van der Waals surface area contributed by atoms with Gasteiger partial charge in [0.1, 0.15) is 0 Å². The Kier molecular flexibility index (Phi) is 5.89. The Morgan fingerprint density at radius 3 is 2.68 bits per heavy atom. The molecule has 6 heteroatoms. The number of anilines is 1. The number of rotatable bonds is 3. The zero-order valence-corrected chi connectivity index (χ0v) is 15.0. The predicted molar refractivity (Wildman–Crippen MR) is 99.5 cm³/mol. The van der Waals surface area contributed by atoms with Gasteiger partial charge < -0.3 is 15.1 Å². The van der Waals surface area contributed by atoms with Crippen molar-refractivity contribution in [3.63, 3.8) is 0 Å². The zero-order valence-electron chi connectivity index (χ0n) is 13.3. The molecule has 2 fully saturated rings. The molecule has 1 aromatic heterocycles. The second-order valence-corrected chi connectivity index (χ2v) is 8.06. The lowest BCUT2D eigenvalue weighted by atomic mass is 10.0. The minimum absolute atomic E-state index is 0.824. The molecule has 3 heterocycles. The molecule has 22 heavy (non-hydrogen) atoms. The average molecular weight is 339 g/mol. The van der Waals surface area contributed by atoms with Gasteiger partial charge in [-0.3, -0.25) is 4.99 Å². The smallest absolute Gasteiger partial charge is 0.193 e. The summed E-state index contributed by atoms with van der Waals surface area (Å²) in [7, 11) is 1.91. The van der Waals surface area contributed by atoms with E-state index in [0.717, 1.165) is 44.6 Å². The van der Waals surface area contributed by atoms with E-state index < -0.39 is 0 Å². The summed E-state index contributed by atoms with van der Waals surface area (Å²) >= 11 is 3.93. The summed E-state index contributed by atoms with van der Waals surface area (Å²) in [4.78, 5) is 9.38. The summed E-state index contributed by atoms with van der Waals surface area (Å²) < 4.78 is 0. The van der Waals surface area contributed by atoms with Crippen molar-refractivity contribution < 1.29 is 0 Å². The lowest BCUT2D eigenvalue weighted by molar-refractivity contribution is 0.366. The fourth-order valence-corrected chi connectivity index (χ4v) is 5.10. The van der Waals surface area contributed by atoms with Gasteiger partial charge in [0.05, 0.1) is 5.00 Å². The molecular formula is C16H26N4S2. The molecular weight excluding hydrogens is 312 g/mol. The highest BCUT2D eigenvalue weighted by Gasteiger charge is 2.21. The Balaban J connectivity index is 1.46. The maximum absolute atomic E-state index is 4.49. The van der Waals surface area contributed by atoms with Gasteiger partial charge in [0.15, 0.2) is 5.96 Å². The number of thiophene rings is 1. The third-order valence-corrected chi connectivity index (χ3v) is 6.48. The molecule has 4 nitrogen and oxygen atoms in total. The van der Waals surface area contributed by atoms with Crippen LogP contribution in [0.2, 0.25) is 0 Å². The molecule has 0 saturated carbocycles. The van der Waals surface area contributed by atoms with E-state index in [0.29, 0.717) is 0 Å². The molecule has 0 amide bonds. The first-order valence-corrected chi connectivity index (χ1v) is 10.2.